The van der Waals surface area contributed by atoms with E-state index in [1.807, 2.05) is 12.1 Å². The van der Waals surface area contributed by atoms with Crippen LogP contribution >= 0.6 is 0 Å². The lowest BCUT2D eigenvalue weighted by molar-refractivity contribution is 0.0474. The Bertz CT molecular complexity index is 388. The van der Waals surface area contributed by atoms with Gasteiger partial charge in [0.2, 0.25) is 0 Å². The summed E-state index contributed by atoms with van der Waals surface area (Å²) in [5.41, 5.74) is 1.19. The van der Waals surface area contributed by atoms with E-state index in [0.717, 1.165) is 32.2 Å². The zero-order valence-corrected chi connectivity index (χ0v) is 12.0. The van der Waals surface area contributed by atoms with Gasteiger partial charge in [0, 0.05) is 25.8 Å². The molecule has 0 aromatic heterocycles. The summed E-state index contributed by atoms with van der Waals surface area (Å²) in [7, 11) is 0. The van der Waals surface area contributed by atoms with E-state index in [2.05, 4.69) is 24.8 Å². The van der Waals surface area contributed by atoms with Gasteiger partial charge in [-0.3, -0.25) is 4.90 Å². The van der Waals surface area contributed by atoms with Crippen LogP contribution in [-0.2, 0) is 4.74 Å². The molecule has 0 spiro atoms. The van der Waals surface area contributed by atoms with Crippen molar-refractivity contribution >= 4 is 0 Å². The molecule has 3 heteroatoms. The minimum absolute atomic E-state index is 0.347. The second-order valence-electron chi connectivity index (χ2n) is 5.41. The fourth-order valence-electron chi connectivity index (χ4n) is 2.82. The van der Waals surface area contributed by atoms with Crippen LogP contribution in [0.15, 0.2) is 24.3 Å². The molecule has 1 aliphatic heterocycles. The number of benzene rings is 1. The van der Waals surface area contributed by atoms with Gasteiger partial charge in [0.1, 0.15) is 5.75 Å². The second kappa shape index (κ2) is 6.92. The molecule has 0 bridgehead atoms. The summed E-state index contributed by atoms with van der Waals surface area (Å²) in [5, 5.41) is 9.60. The van der Waals surface area contributed by atoms with Gasteiger partial charge in [0.25, 0.3) is 0 Å². The highest BCUT2D eigenvalue weighted by Gasteiger charge is 2.21. The van der Waals surface area contributed by atoms with Crippen LogP contribution in [0.25, 0.3) is 0 Å². The maximum Gasteiger partial charge on any atom is 0.115 e. The first-order valence-electron chi connectivity index (χ1n) is 7.31. The average molecular weight is 263 g/mol. The summed E-state index contributed by atoms with van der Waals surface area (Å²) < 4.78 is 5.42. The summed E-state index contributed by atoms with van der Waals surface area (Å²) in [6.45, 7) is 8.40. The summed E-state index contributed by atoms with van der Waals surface area (Å²) in [6.07, 6.45) is 2.34. The van der Waals surface area contributed by atoms with Crippen LogP contribution in [0.1, 0.15) is 38.3 Å². The molecular formula is C16H25NO2. The lowest BCUT2D eigenvalue weighted by Gasteiger charge is -2.33. The van der Waals surface area contributed by atoms with Gasteiger partial charge in [-0.25, -0.2) is 0 Å². The fraction of sp³-hybridized carbons (Fsp3) is 0.625. The number of hydrogen-bond acceptors (Lipinski definition) is 3. The lowest BCUT2D eigenvalue weighted by atomic mass is 9.97. The molecule has 106 valence electrons. The molecule has 3 nitrogen and oxygen atoms in total. The maximum atomic E-state index is 9.60. The van der Waals surface area contributed by atoms with Crippen LogP contribution in [0.3, 0.4) is 0 Å². The Morgan fingerprint density at radius 1 is 1.37 bits per heavy atom. The van der Waals surface area contributed by atoms with E-state index in [0.29, 0.717) is 11.8 Å². The van der Waals surface area contributed by atoms with Crippen molar-refractivity contribution in [3.8, 4) is 5.75 Å². The molecule has 1 aromatic rings. The van der Waals surface area contributed by atoms with Crippen molar-refractivity contribution in [2.75, 3.05) is 26.3 Å². The zero-order chi connectivity index (χ0) is 13.7. The van der Waals surface area contributed by atoms with E-state index in [9.17, 15) is 5.11 Å². The molecule has 1 aliphatic rings. The van der Waals surface area contributed by atoms with Crippen molar-refractivity contribution in [2.24, 2.45) is 5.92 Å². The highest BCUT2D eigenvalue weighted by Crippen LogP contribution is 2.26. The Morgan fingerprint density at radius 3 is 2.74 bits per heavy atom. The number of phenols is 1. The van der Waals surface area contributed by atoms with Gasteiger partial charge in [-0.15, -0.1) is 0 Å². The van der Waals surface area contributed by atoms with Crippen LogP contribution in [0, 0.1) is 5.92 Å². The molecule has 2 rings (SSSR count). The first-order chi connectivity index (χ1) is 9.20. The van der Waals surface area contributed by atoms with E-state index in [1.54, 1.807) is 6.07 Å². The van der Waals surface area contributed by atoms with Crippen LogP contribution in [0.2, 0.25) is 0 Å². The van der Waals surface area contributed by atoms with Crippen LogP contribution in [-0.4, -0.2) is 36.3 Å². The number of phenolic OH excluding ortho intramolecular Hbond substituents is 1. The highest BCUT2D eigenvalue weighted by atomic mass is 16.5. The van der Waals surface area contributed by atoms with E-state index in [-0.39, 0.29) is 0 Å². The Morgan fingerprint density at radius 2 is 2.11 bits per heavy atom. The lowest BCUT2D eigenvalue weighted by Crippen LogP contribution is -2.34. The van der Waals surface area contributed by atoms with E-state index in [4.69, 9.17) is 4.74 Å². The summed E-state index contributed by atoms with van der Waals surface area (Å²) >= 11 is 0. The van der Waals surface area contributed by atoms with Gasteiger partial charge in [0.15, 0.2) is 0 Å². The summed E-state index contributed by atoms with van der Waals surface area (Å²) in [5.74, 6) is 1.10. The number of ether oxygens (including phenoxy) is 1. The monoisotopic (exact) mass is 263 g/mol. The molecule has 1 saturated heterocycles. The topological polar surface area (TPSA) is 32.7 Å². The standard InChI is InChI=1S/C16H25NO2/c1-3-17(12-14-7-9-19-10-8-14)13(2)15-5-4-6-16(18)11-15/h4-6,11,13-14,18H,3,7-10,12H2,1-2H3/t13-/m0/s1. The third kappa shape index (κ3) is 3.95. The average Bonchev–Trinajstić information content (AvgIpc) is 2.45. The van der Waals surface area contributed by atoms with Crippen molar-refractivity contribution in [1.82, 2.24) is 4.90 Å². The van der Waals surface area contributed by atoms with Gasteiger partial charge >= 0.3 is 0 Å². The number of nitrogens with zero attached hydrogens (tertiary/aromatic N) is 1. The third-order valence-corrected chi connectivity index (χ3v) is 4.14. The number of rotatable bonds is 5. The zero-order valence-electron chi connectivity index (χ0n) is 12.0. The number of hydrogen-bond donors (Lipinski definition) is 1. The summed E-state index contributed by atoms with van der Waals surface area (Å²) in [4.78, 5) is 2.49. The normalized spacial score (nSPS) is 18.7. The van der Waals surface area contributed by atoms with E-state index >= 15 is 0 Å². The Labute approximate surface area is 116 Å². The predicted molar refractivity (Wildman–Crippen MR) is 77.3 cm³/mol. The van der Waals surface area contributed by atoms with Crippen LogP contribution < -0.4 is 0 Å². The maximum absolute atomic E-state index is 9.60. The van der Waals surface area contributed by atoms with E-state index < -0.39 is 0 Å². The van der Waals surface area contributed by atoms with Crippen molar-refractivity contribution in [1.29, 1.82) is 0 Å². The highest BCUT2D eigenvalue weighted by molar-refractivity contribution is 5.29. The molecule has 0 unspecified atom stereocenters. The van der Waals surface area contributed by atoms with Gasteiger partial charge < -0.3 is 9.84 Å². The molecule has 1 aromatic carbocycles. The first-order valence-corrected chi connectivity index (χ1v) is 7.31. The molecular weight excluding hydrogens is 238 g/mol. The Hall–Kier alpha value is -1.06. The molecule has 0 saturated carbocycles. The molecule has 1 atom stereocenters. The minimum atomic E-state index is 0.347. The quantitative estimate of drug-likeness (QED) is 0.885. The van der Waals surface area contributed by atoms with Gasteiger partial charge in [0.05, 0.1) is 0 Å². The molecule has 0 amide bonds. The molecule has 19 heavy (non-hydrogen) atoms. The van der Waals surface area contributed by atoms with Crippen molar-refractivity contribution in [2.45, 2.75) is 32.7 Å². The molecule has 1 heterocycles. The smallest absolute Gasteiger partial charge is 0.115 e. The molecule has 0 radical (unpaired) electrons. The van der Waals surface area contributed by atoms with Crippen molar-refractivity contribution < 1.29 is 9.84 Å². The SMILES string of the molecule is CCN(CC1CCOCC1)[C@@H](C)c1cccc(O)c1. The molecule has 0 aliphatic carbocycles. The largest absolute Gasteiger partial charge is 0.508 e. The van der Waals surface area contributed by atoms with Gasteiger partial charge in [-0.05, 0) is 49.9 Å². The van der Waals surface area contributed by atoms with Crippen molar-refractivity contribution in [3.63, 3.8) is 0 Å². The first kappa shape index (κ1) is 14.4. The fourth-order valence-corrected chi connectivity index (χ4v) is 2.82. The molecule has 1 fully saturated rings. The predicted octanol–water partition coefficient (Wildman–Crippen LogP) is 3.20. The van der Waals surface area contributed by atoms with E-state index in [1.165, 1.54) is 18.4 Å². The number of aromatic hydroxyl groups is 1. The van der Waals surface area contributed by atoms with Gasteiger partial charge in [-0.2, -0.15) is 0 Å². The van der Waals surface area contributed by atoms with Crippen LogP contribution in [0.5, 0.6) is 5.75 Å². The van der Waals surface area contributed by atoms with Gasteiger partial charge in [-0.1, -0.05) is 19.1 Å². The third-order valence-electron chi connectivity index (χ3n) is 4.14. The minimum Gasteiger partial charge on any atom is -0.508 e. The Balaban J connectivity index is 1.99. The summed E-state index contributed by atoms with van der Waals surface area (Å²) in [6, 6.07) is 7.96. The second-order valence-corrected chi connectivity index (χ2v) is 5.41. The van der Waals surface area contributed by atoms with Crippen molar-refractivity contribution in [3.05, 3.63) is 29.8 Å². The molecule has 1 N–H and O–H groups in total. The Kier molecular flexibility index (Phi) is 5.23. The van der Waals surface area contributed by atoms with Crippen LogP contribution in [0.4, 0.5) is 0 Å².